The van der Waals surface area contributed by atoms with E-state index in [1.165, 1.54) is 5.56 Å². The summed E-state index contributed by atoms with van der Waals surface area (Å²) in [5.41, 5.74) is 5.08. The van der Waals surface area contributed by atoms with E-state index in [0.29, 0.717) is 31.2 Å². The summed E-state index contributed by atoms with van der Waals surface area (Å²) >= 11 is 0. The lowest BCUT2D eigenvalue weighted by Gasteiger charge is -2.23. The zero-order valence-electron chi connectivity index (χ0n) is 22.9. The van der Waals surface area contributed by atoms with Crippen molar-refractivity contribution in [2.75, 3.05) is 31.6 Å². The number of aryl methyl sites for hydroxylation is 1. The molecular weight excluding hydrogens is 494 g/mol. The highest BCUT2D eigenvalue weighted by Gasteiger charge is 2.27. The van der Waals surface area contributed by atoms with Crippen molar-refractivity contribution in [3.63, 3.8) is 0 Å². The largest absolute Gasteiger partial charge is 0.395 e. The predicted octanol–water partition coefficient (Wildman–Crippen LogP) is 3.17. The van der Waals surface area contributed by atoms with Crippen LogP contribution in [0.1, 0.15) is 54.7 Å². The van der Waals surface area contributed by atoms with E-state index >= 15 is 0 Å². The normalized spacial score (nSPS) is 16.1. The number of fused-ring (bicyclic) bond motifs is 1. The van der Waals surface area contributed by atoms with Crippen LogP contribution in [0.5, 0.6) is 0 Å². The molecule has 1 atom stereocenters. The number of β-amino-alcohol motifs (C(OH)–C–C–N with tert-alkyl or cyclic N) is 1. The van der Waals surface area contributed by atoms with Gasteiger partial charge in [-0.15, -0.1) is 5.10 Å². The molecule has 4 heterocycles. The Balaban J connectivity index is 1.41. The van der Waals surface area contributed by atoms with Crippen molar-refractivity contribution in [1.29, 1.82) is 0 Å². The van der Waals surface area contributed by atoms with E-state index in [1.807, 2.05) is 40.1 Å². The molecular formula is C28H35N9O2. The molecule has 1 unspecified atom stereocenters. The fourth-order valence-corrected chi connectivity index (χ4v) is 4.92. The zero-order chi connectivity index (χ0) is 27.6. The van der Waals surface area contributed by atoms with Crippen molar-refractivity contribution in [3.05, 3.63) is 65.9 Å². The van der Waals surface area contributed by atoms with Crippen molar-refractivity contribution >= 4 is 17.4 Å². The maximum Gasteiger partial charge on any atom is 0.227 e. The molecule has 11 nitrogen and oxygen atoms in total. The number of Topliss-reactive ketones (excluding diaryl/α,β-unsaturated/α-hetero) is 1. The zero-order valence-corrected chi connectivity index (χ0v) is 22.9. The topological polar surface area (TPSA) is 127 Å². The fourth-order valence-electron chi connectivity index (χ4n) is 4.92. The summed E-state index contributed by atoms with van der Waals surface area (Å²) < 4.78 is 3.44. The minimum absolute atomic E-state index is 0.0244. The highest BCUT2D eigenvalue weighted by molar-refractivity contribution is 5.94. The number of ketones is 1. The van der Waals surface area contributed by atoms with Crippen molar-refractivity contribution in [2.45, 2.75) is 45.1 Å². The average molecular weight is 530 g/mol. The average Bonchev–Trinajstić information content (AvgIpc) is 3.53. The smallest absolute Gasteiger partial charge is 0.227 e. The van der Waals surface area contributed by atoms with Gasteiger partial charge in [0, 0.05) is 57.0 Å². The molecule has 0 radical (unpaired) electrons. The number of nitrogens with one attached hydrogen (secondary N) is 1. The summed E-state index contributed by atoms with van der Waals surface area (Å²) in [5.74, 6) is 0.443. The molecule has 0 aliphatic carbocycles. The molecule has 0 saturated carbocycles. The van der Waals surface area contributed by atoms with Crippen LogP contribution in [0.2, 0.25) is 0 Å². The molecule has 1 aliphatic heterocycles. The summed E-state index contributed by atoms with van der Waals surface area (Å²) in [6, 6.07) is 8.24. The maximum atomic E-state index is 13.3. The number of nitrogens with zero attached hydrogens (tertiary/aromatic N) is 8. The van der Waals surface area contributed by atoms with Gasteiger partial charge in [0.25, 0.3) is 0 Å². The SMILES string of the molecule is Cn1cc(Nc2nccc(-c3ccc4c(c3)CCN(CCO)CC4CC(=O)c3cn(C(C)(C)C)nn3)n2)cn1. The number of anilines is 2. The third-order valence-electron chi connectivity index (χ3n) is 6.99. The van der Waals surface area contributed by atoms with Gasteiger partial charge in [-0.25, -0.2) is 14.6 Å². The Morgan fingerprint density at radius 3 is 2.77 bits per heavy atom. The quantitative estimate of drug-likeness (QED) is 0.331. The number of rotatable bonds is 8. The highest BCUT2D eigenvalue weighted by Crippen LogP contribution is 2.32. The number of aromatic nitrogens is 7. The minimum Gasteiger partial charge on any atom is -0.395 e. The van der Waals surface area contributed by atoms with Gasteiger partial charge in [0.05, 0.1) is 35.9 Å². The van der Waals surface area contributed by atoms with Crippen LogP contribution in [0, 0.1) is 0 Å². The van der Waals surface area contributed by atoms with Crippen molar-refractivity contribution in [3.8, 4) is 11.3 Å². The summed E-state index contributed by atoms with van der Waals surface area (Å²) in [7, 11) is 1.86. The Hall–Kier alpha value is -3.96. The number of aliphatic hydroxyl groups excluding tert-OH is 1. The van der Waals surface area contributed by atoms with E-state index in [4.69, 9.17) is 4.98 Å². The molecule has 4 aromatic rings. The molecule has 1 aliphatic rings. The number of aliphatic hydroxyl groups is 1. The molecule has 1 aromatic carbocycles. The molecule has 0 amide bonds. The van der Waals surface area contributed by atoms with Crippen LogP contribution in [-0.2, 0) is 19.0 Å². The molecule has 39 heavy (non-hydrogen) atoms. The molecule has 0 fully saturated rings. The third kappa shape index (κ3) is 6.21. The molecule has 3 aromatic heterocycles. The van der Waals surface area contributed by atoms with Gasteiger partial charge in [-0.1, -0.05) is 17.3 Å². The second-order valence-electron chi connectivity index (χ2n) is 11.0. The standard InChI is InChI=1S/C28H35N9O2/c1-28(2,3)37-18-25(33-34-37)26(39)14-21-16-36(11-12-38)10-8-19-13-20(5-6-23(19)21)24-7-9-29-27(32-24)31-22-15-30-35(4)17-22/h5-7,9,13,15,17-18,21,38H,8,10-12,14,16H2,1-4H3,(H,29,31,32). The van der Waals surface area contributed by atoms with E-state index < -0.39 is 0 Å². The van der Waals surface area contributed by atoms with E-state index in [2.05, 4.69) is 48.8 Å². The second-order valence-corrected chi connectivity index (χ2v) is 11.0. The summed E-state index contributed by atoms with van der Waals surface area (Å²) in [4.78, 5) is 24.6. The Bertz CT molecular complexity index is 1450. The monoisotopic (exact) mass is 529 g/mol. The molecule has 0 saturated heterocycles. The van der Waals surface area contributed by atoms with E-state index in [9.17, 15) is 9.90 Å². The number of hydrogen-bond donors (Lipinski definition) is 2. The highest BCUT2D eigenvalue weighted by atomic mass is 16.3. The lowest BCUT2D eigenvalue weighted by Crippen LogP contribution is -2.31. The van der Waals surface area contributed by atoms with Crippen LogP contribution in [0.3, 0.4) is 0 Å². The first kappa shape index (κ1) is 26.6. The lowest BCUT2D eigenvalue weighted by molar-refractivity contribution is 0.0959. The number of benzene rings is 1. The summed E-state index contributed by atoms with van der Waals surface area (Å²) in [6.45, 7) is 8.22. The summed E-state index contributed by atoms with van der Waals surface area (Å²) in [5, 5.41) is 25.3. The number of carbonyl (C=O) groups excluding carboxylic acids is 1. The first-order valence-corrected chi connectivity index (χ1v) is 13.2. The van der Waals surface area contributed by atoms with Crippen LogP contribution in [-0.4, -0.2) is 76.8 Å². The van der Waals surface area contributed by atoms with E-state index in [0.717, 1.165) is 35.5 Å². The van der Waals surface area contributed by atoms with Crippen molar-refractivity contribution < 1.29 is 9.90 Å². The van der Waals surface area contributed by atoms with Crippen LogP contribution in [0.15, 0.2) is 49.1 Å². The van der Waals surface area contributed by atoms with Gasteiger partial charge in [0.15, 0.2) is 5.78 Å². The van der Waals surface area contributed by atoms with Crippen LogP contribution in [0.25, 0.3) is 11.3 Å². The Morgan fingerprint density at radius 2 is 2.05 bits per heavy atom. The first-order valence-electron chi connectivity index (χ1n) is 13.2. The summed E-state index contributed by atoms with van der Waals surface area (Å²) in [6.07, 6.45) is 8.20. The Kier molecular flexibility index (Phi) is 7.53. The number of hydrogen-bond acceptors (Lipinski definition) is 9. The molecule has 0 bridgehead atoms. The van der Waals surface area contributed by atoms with Crippen LogP contribution in [0.4, 0.5) is 11.6 Å². The van der Waals surface area contributed by atoms with Gasteiger partial charge in [-0.2, -0.15) is 5.10 Å². The molecule has 0 spiro atoms. The van der Waals surface area contributed by atoms with Gasteiger partial charge in [-0.05, 0) is 50.5 Å². The molecule has 11 heteroatoms. The van der Waals surface area contributed by atoms with E-state index in [-0.39, 0.29) is 23.8 Å². The van der Waals surface area contributed by atoms with Crippen LogP contribution >= 0.6 is 0 Å². The van der Waals surface area contributed by atoms with Gasteiger partial charge < -0.3 is 15.3 Å². The fraction of sp³-hybridized carbons (Fsp3) is 0.429. The van der Waals surface area contributed by atoms with Gasteiger partial charge in [0.2, 0.25) is 5.95 Å². The molecule has 5 rings (SSSR count). The van der Waals surface area contributed by atoms with Crippen molar-refractivity contribution in [1.82, 2.24) is 39.6 Å². The number of carbonyl (C=O) groups is 1. The van der Waals surface area contributed by atoms with Crippen molar-refractivity contribution in [2.24, 2.45) is 7.05 Å². The van der Waals surface area contributed by atoms with Gasteiger partial charge in [0.1, 0.15) is 5.69 Å². The van der Waals surface area contributed by atoms with Gasteiger partial charge in [-0.3, -0.25) is 9.48 Å². The Labute approximate surface area is 227 Å². The first-order chi connectivity index (χ1) is 18.7. The lowest BCUT2D eigenvalue weighted by atomic mass is 9.88. The maximum absolute atomic E-state index is 13.3. The Morgan fingerprint density at radius 1 is 1.21 bits per heavy atom. The second kappa shape index (κ2) is 11.0. The predicted molar refractivity (Wildman–Crippen MR) is 148 cm³/mol. The third-order valence-corrected chi connectivity index (χ3v) is 6.99. The van der Waals surface area contributed by atoms with E-state index in [1.54, 1.807) is 28.0 Å². The van der Waals surface area contributed by atoms with Gasteiger partial charge >= 0.3 is 0 Å². The molecule has 204 valence electrons. The minimum atomic E-state index is -0.247. The van der Waals surface area contributed by atoms with Crippen LogP contribution < -0.4 is 5.32 Å². The molecule has 2 N–H and O–H groups in total.